The van der Waals surface area contributed by atoms with Crippen LogP contribution >= 0.6 is 11.6 Å². The molecule has 0 saturated carbocycles. The molecule has 1 aromatic rings. The van der Waals surface area contributed by atoms with E-state index in [1.165, 1.54) is 0 Å². The molecule has 0 aromatic heterocycles. The van der Waals surface area contributed by atoms with Crippen LogP contribution in [0, 0.1) is 0 Å². The summed E-state index contributed by atoms with van der Waals surface area (Å²) in [6.07, 6.45) is 2.31. The number of hydrogen-bond donors (Lipinski definition) is 1. The molecular weight excluding hydrogens is 300 g/mol. The average Bonchev–Trinajstić information content (AvgIpc) is 2.49. The first-order valence-electron chi connectivity index (χ1n) is 8.08. The van der Waals surface area contributed by atoms with Gasteiger partial charge >= 0.3 is 0 Å². The van der Waals surface area contributed by atoms with Crippen molar-refractivity contribution in [3.05, 3.63) is 22.7 Å². The lowest BCUT2D eigenvalue weighted by atomic mass is 10.0. The molecule has 0 spiro atoms. The molecule has 1 atom stereocenters. The van der Waals surface area contributed by atoms with Crippen molar-refractivity contribution in [1.29, 1.82) is 0 Å². The van der Waals surface area contributed by atoms with Gasteiger partial charge in [0.15, 0.2) is 11.5 Å². The van der Waals surface area contributed by atoms with E-state index in [4.69, 9.17) is 26.8 Å². The molecule has 5 heteroatoms. The van der Waals surface area contributed by atoms with Crippen LogP contribution < -0.4 is 15.2 Å². The molecule has 0 aliphatic carbocycles. The van der Waals surface area contributed by atoms with E-state index >= 15 is 0 Å². The lowest BCUT2D eigenvalue weighted by Gasteiger charge is -2.28. The summed E-state index contributed by atoms with van der Waals surface area (Å²) in [5.41, 5.74) is 7.06. The van der Waals surface area contributed by atoms with Gasteiger partial charge in [-0.3, -0.25) is 4.90 Å². The Labute approximate surface area is 139 Å². The Kier molecular flexibility index (Phi) is 8.61. The topological polar surface area (TPSA) is 47.7 Å². The molecule has 0 aliphatic rings. The highest BCUT2D eigenvalue weighted by atomic mass is 35.5. The Morgan fingerprint density at radius 2 is 1.86 bits per heavy atom. The molecular formula is C17H29ClN2O2. The Hall–Kier alpha value is -0.970. The summed E-state index contributed by atoms with van der Waals surface area (Å²) in [5.74, 6) is 1.30. The van der Waals surface area contributed by atoms with Crippen LogP contribution in [0.1, 0.15) is 45.2 Å². The van der Waals surface area contributed by atoms with Gasteiger partial charge in [0.2, 0.25) is 0 Å². The van der Waals surface area contributed by atoms with Gasteiger partial charge in [0.1, 0.15) is 0 Å². The Morgan fingerprint density at radius 3 is 2.41 bits per heavy atom. The smallest absolute Gasteiger partial charge is 0.179 e. The Bertz CT molecular complexity index is 455. The molecule has 126 valence electrons. The minimum absolute atomic E-state index is 0.124. The van der Waals surface area contributed by atoms with E-state index in [9.17, 15) is 0 Å². The van der Waals surface area contributed by atoms with Gasteiger partial charge in [-0.15, -0.1) is 0 Å². The summed E-state index contributed by atoms with van der Waals surface area (Å²) in [6, 6.07) is 4.06. The van der Waals surface area contributed by atoms with Gasteiger partial charge in [0, 0.05) is 12.6 Å². The fourth-order valence-corrected chi connectivity index (χ4v) is 2.74. The quantitative estimate of drug-likeness (QED) is 0.708. The lowest BCUT2D eigenvalue weighted by molar-refractivity contribution is 0.244. The molecule has 1 unspecified atom stereocenters. The first kappa shape index (κ1) is 19.1. The zero-order chi connectivity index (χ0) is 16.5. The largest absolute Gasteiger partial charge is 0.490 e. The molecule has 1 rings (SSSR count). The van der Waals surface area contributed by atoms with Crippen LogP contribution in [-0.2, 0) is 0 Å². The maximum absolute atomic E-state index is 6.39. The van der Waals surface area contributed by atoms with E-state index in [1.54, 1.807) is 0 Å². The fourth-order valence-electron chi connectivity index (χ4n) is 2.46. The first-order valence-corrected chi connectivity index (χ1v) is 8.46. The third kappa shape index (κ3) is 5.04. The van der Waals surface area contributed by atoms with E-state index in [0.29, 0.717) is 36.3 Å². The molecule has 0 saturated heterocycles. The van der Waals surface area contributed by atoms with Crippen LogP contribution in [0.4, 0.5) is 0 Å². The van der Waals surface area contributed by atoms with Crippen LogP contribution in [0.5, 0.6) is 11.5 Å². The minimum Gasteiger partial charge on any atom is -0.490 e. The van der Waals surface area contributed by atoms with Gasteiger partial charge in [-0.05, 0) is 51.6 Å². The first-order chi connectivity index (χ1) is 10.6. The number of rotatable bonds is 10. The number of likely N-dealkylation sites (N-methyl/N-ethyl adjacent to an activating group) is 1. The number of hydrogen-bond acceptors (Lipinski definition) is 4. The van der Waals surface area contributed by atoms with E-state index in [0.717, 1.165) is 24.9 Å². The molecule has 2 N–H and O–H groups in total. The standard InChI is InChI=1S/C17H29ClN2O2/c1-5-8-9-20(4)15(12-19)13-10-14(18)17(22-7-3)16(11-13)21-6-2/h10-11,15H,5-9,12,19H2,1-4H3. The van der Waals surface area contributed by atoms with Crippen LogP contribution in [0.25, 0.3) is 0 Å². The number of nitrogens with zero attached hydrogens (tertiary/aromatic N) is 1. The third-order valence-corrected chi connectivity index (χ3v) is 3.91. The van der Waals surface area contributed by atoms with Gasteiger partial charge in [-0.1, -0.05) is 24.9 Å². The van der Waals surface area contributed by atoms with Crippen molar-refractivity contribution < 1.29 is 9.47 Å². The van der Waals surface area contributed by atoms with Gasteiger partial charge in [-0.2, -0.15) is 0 Å². The van der Waals surface area contributed by atoms with Crippen molar-refractivity contribution in [3.63, 3.8) is 0 Å². The monoisotopic (exact) mass is 328 g/mol. The van der Waals surface area contributed by atoms with E-state index in [2.05, 4.69) is 18.9 Å². The van der Waals surface area contributed by atoms with Crippen molar-refractivity contribution in [2.75, 3.05) is 33.4 Å². The van der Waals surface area contributed by atoms with Crippen LogP contribution in [0.3, 0.4) is 0 Å². The summed E-state index contributed by atoms with van der Waals surface area (Å²) >= 11 is 6.39. The number of ether oxygens (including phenoxy) is 2. The molecule has 22 heavy (non-hydrogen) atoms. The SMILES string of the molecule is CCCCN(C)C(CN)c1cc(Cl)c(OCC)c(OCC)c1. The van der Waals surface area contributed by atoms with Crippen molar-refractivity contribution >= 4 is 11.6 Å². The maximum Gasteiger partial charge on any atom is 0.179 e. The number of nitrogens with two attached hydrogens (primary N) is 1. The zero-order valence-electron chi connectivity index (χ0n) is 14.2. The average molecular weight is 329 g/mol. The third-order valence-electron chi connectivity index (χ3n) is 3.62. The molecule has 1 aromatic carbocycles. The minimum atomic E-state index is 0.124. The van der Waals surface area contributed by atoms with Crippen molar-refractivity contribution in [2.24, 2.45) is 5.73 Å². The second-order valence-electron chi connectivity index (χ2n) is 5.28. The number of unbranched alkanes of at least 4 members (excludes halogenated alkanes) is 1. The lowest BCUT2D eigenvalue weighted by Crippen LogP contribution is -2.31. The van der Waals surface area contributed by atoms with Crippen molar-refractivity contribution in [1.82, 2.24) is 4.90 Å². The number of halogens is 1. The normalized spacial score (nSPS) is 12.5. The maximum atomic E-state index is 6.39. The molecule has 0 amide bonds. The molecule has 0 aliphatic heterocycles. The van der Waals surface area contributed by atoms with Gasteiger partial charge in [-0.25, -0.2) is 0 Å². The molecule has 0 fully saturated rings. The molecule has 0 heterocycles. The predicted molar refractivity (Wildman–Crippen MR) is 93.1 cm³/mol. The molecule has 0 bridgehead atoms. The summed E-state index contributed by atoms with van der Waals surface area (Å²) in [4.78, 5) is 2.27. The van der Waals surface area contributed by atoms with Crippen LogP contribution in [-0.4, -0.2) is 38.3 Å². The van der Waals surface area contributed by atoms with E-state index in [1.807, 2.05) is 26.0 Å². The van der Waals surface area contributed by atoms with E-state index in [-0.39, 0.29) is 6.04 Å². The van der Waals surface area contributed by atoms with Gasteiger partial charge in [0.05, 0.1) is 18.2 Å². The van der Waals surface area contributed by atoms with E-state index < -0.39 is 0 Å². The van der Waals surface area contributed by atoms with Gasteiger partial charge < -0.3 is 15.2 Å². The Morgan fingerprint density at radius 1 is 1.18 bits per heavy atom. The second kappa shape index (κ2) is 9.93. The summed E-state index contributed by atoms with van der Waals surface area (Å²) in [6.45, 7) is 8.73. The second-order valence-corrected chi connectivity index (χ2v) is 5.69. The summed E-state index contributed by atoms with van der Waals surface area (Å²) in [7, 11) is 2.10. The van der Waals surface area contributed by atoms with Crippen LogP contribution in [0.15, 0.2) is 12.1 Å². The summed E-state index contributed by atoms with van der Waals surface area (Å²) in [5, 5.41) is 0.574. The fraction of sp³-hybridized carbons (Fsp3) is 0.647. The highest BCUT2D eigenvalue weighted by Crippen LogP contribution is 2.39. The van der Waals surface area contributed by atoms with Crippen molar-refractivity contribution in [3.8, 4) is 11.5 Å². The Balaban J connectivity index is 3.11. The molecule has 0 radical (unpaired) electrons. The highest BCUT2D eigenvalue weighted by Gasteiger charge is 2.20. The van der Waals surface area contributed by atoms with Crippen molar-refractivity contribution in [2.45, 2.75) is 39.7 Å². The predicted octanol–water partition coefficient (Wildman–Crippen LogP) is 3.87. The zero-order valence-corrected chi connectivity index (χ0v) is 14.9. The highest BCUT2D eigenvalue weighted by molar-refractivity contribution is 6.32. The summed E-state index contributed by atoms with van der Waals surface area (Å²) < 4.78 is 11.3. The molecule has 4 nitrogen and oxygen atoms in total. The van der Waals surface area contributed by atoms with Crippen LogP contribution in [0.2, 0.25) is 5.02 Å². The number of benzene rings is 1. The van der Waals surface area contributed by atoms with Gasteiger partial charge in [0.25, 0.3) is 0 Å².